The van der Waals surface area contributed by atoms with Gasteiger partial charge in [-0.25, -0.2) is 0 Å². The van der Waals surface area contributed by atoms with Gasteiger partial charge in [0.05, 0.1) is 0 Å². The van der Waals surface area contributed by atoms with E-state index in [4.69, 9.17) is 0 Å². The maximum Gasteiger partial charge on any atom is 0.238 e. The molecule has 0 aromatic heterocycles. The van der Waals surface area contributed by atoms with Gasteiger partial charge in [-0.1, -0.05) is 0 Å². The Balaban J connectivity index is 2.19. The SMILES string of the molecule is O=C1NC2NC(=O)C12. The van der Waals surface area contributed by atoms with Crippen molar-refractivity contribution in [2.45, 2.75) is 6.17 Å². The van der Waals surface area contributed by atoms with Crippen molar-refractivity contribution in [3.8, 4) is 0 Å². The number of β-lactam (4-membered cyclic amide) rings is 2. The molecule has 0 aliphatic carbocycles. The number of carbonyl (C=O) groups excluding carboxylic acids is 2. The Kier molecular flexibility index (Phi) is 0.420. The van der Waals surface area contributed by atoms with Crippen molar-refractivity contribution in [1.82, 2.24) is 10.6 Å². The number of hydrogen-bond acceptors (Lipinski definition) is 2. The summed E-state index contributed by atoms with van der Waals surface area (Å²) in [4.78, 5) is 20.7. The first-order valence-corrected chi connectivity index (χ1v) is 2.40. The van der Waals surface area contributed by atoms with Crippen LogP contribution in [0.1, 0.15) is 0 Å². The highest BCUT2D eigenvalue weighted by Gasteiger charge is 2.53. The van der Waals surface area contributed by atoms with Gasteiger partial charge in [0.2, 0.25) is 11.8 Å². The van der Waals surface area contributed by atoms with Gasteiger partial charge in [0, 0.05) is 0 Å². The molecule has 42 valence electrons. The van der Waals surface area contributed by atoms with E-state index in [1.54, 1.807) is 0 Å². The number of rotatable bonds is 0. The van der Waals surface area contributed by atoms with Crippen molar-refractivity contribution in [2.75, 3.05) is 0 Å². The average Bonchev–Trinajstić information content (AvgIpc) is 1.63. The fraction of sp³-hybridized carbons (Fsp3) is 0.500. The lowest BCUT2D eigenvalue weighted by Gasteiger charge is -2.44. The molecule has 2 heterocycles. The summed E-state index contributed by atoms with van der Waals surface area (Å²) < 4.78 is 0. The van der Waals surface area contributed by atoms with E-state index in [1.807, 2.05) is 0 Å². The number of amides is 2. The summed E-state index contributed by atoms with van der Waals surface area (Å²) in [6.07, 6.45) is -0.0324. The Hall–Kier alpha value is -1.06. The van der Waals surface area contributed by atoms with Crippen molar-refractivity contribution in [1.29, 1.82) is 0 Å². The van der Waals surface area contributed by atoms with Gasteiger partial charge < -0.3 is 10.6 Å². The molecular weight excluding hydrogens is 108 g/mol. The first-order valence-electron chi connectivity index (χ1n) is 2.40. The van der Waals surface area contributed by atoms with Crippen LogP contribution in [0.2, 0.25) is 0 Å². The van der Waals surface area contributed by atoms with E-state index < -0.39 is 0 Å². The second-order valence-corrected chi connectivity index (χ2v) is 1.97. The van der Waals surface area contributed by atoms with Gasteiger partial charge in [0.15, 0.2) is 5.92 Å². The van der Waals surface area contributed by atoms with Crippen LogP contribution in [0, 0.1) is 5.92 Å². The summed E-state index contributed by atoms with van der Waals surface area (Å²) in [7, 11) is 0. The first kappa shape index (κ1) is 3.88. The molecule has 0 atom stereocenters. The molecule has 4 heteroatoms. The topological polar surface area (TPSA) is 58.2 Å². The molecule has 2 saturated heterocycles. The molecule has 0 spiro atoms. The molecule has 2 amide bonds. The van der Waals surface area contributed by atoms with Gasteiger partial charge in [-0.2, -0.15) is 0 Å². The summed E-state index contributed by atoms with van der Waals surface area (Å²) >= 11 is 0. The highest BCUT2D eigenvalue weighted by Crippen LogP contribution is 2.20. The van der Waals surface area contributed by atoms with Gasteiger partial charge >= 0.3 is 0 Å². The number of carbonyl (C=O) groups is 2. The second kappa shape index (κ2) is 0.866. The highest BCUT2D eigenvalue weighted by molar-refractivity contribution is 6.11. The molecule has 0 unspecified atom stereocenters. The summed E-state index contributed by atoms with van der Waals surface area (Å²) in [5.74, 6) is -0.632. The molecule has 2 N–H and O–H groups in total. The molecule has 0 aromatic carbocycles. The zero-order valence-corrected chi connectivity index (χ0v) is 3.97. The minimum atomic E-state index is -0.352. The van der Waals surface area contributed by atoms with Crippen LogP contribution >= 0.6 is 0 Å². The zero-order chi connectivity index (χ0) is 5.72. The van der Waals surface area contributed by atoms with Gasteiger partial charge in [0.1, 0.15) is 6.17 Å². The molecule has 0 aromatic rings. The predicted octanol–water partition coefficient (Wildman–Crippen LogP) is -1.81. The van der Waals surface area contributed by atoms with Gasteiger partial charge in [-0.3, -0.25) is 9.59 Å². The number of fused-ring (bicyclic) bond motifs is 1. The summed E-state index contributed by atoms with van der Waals surface area (Å²) in [5.41, 5.74) is 0. The van der Waals surface area contributed by atoms with E-state index in [-0.39, 0.29) is 23.9 Å². The fourth-order valence-electron chi connectivity index (χ4n) is 0.918. The van der Waals surface area contributed by atoms with E-state index >= 15 is 0 Å². The second-order valence-electron chi connectivity index (χ2n) is 1.97. The average molecular weight is 112 g/mol. The number of hydrogen-bond donors (Lipinski definition) is 2. The van der Waals surface area contributed by atoms with E-state index in [0.717, 1.165) is 0 Å². The third kappa shape index (κ3) is 0.214. The summed E-state index contributed by atoms with van der Waals surface area (Å²) in [5, 5.41) is 5.00. The van der Waals surface area contributed by atoms with Crippen molar-refractivity contribution in [3.05, 3.63) is 0 Å². The Bertz CT molecular complexity index is 159. The minimum Gasteiger partial charge on any atom is -0.334 e. The fourth-order valence-corrected chi connectivity index (χ4v) is 0.918. The van der Waals surface area contributed by atoms with Crippen LogP contribution in [-0.4, -0.2) is 18.0 Å². The van der Waals surface area contributed by atoms with E-state index in [1.165, 1.54) is 0 Å². The molecule has 0 saturated carbocycles. The van der Waals surface area contributed by atoms with Crippen molar-refractivity contribution >= 4 is 11.8 Å². The highest BCUT2D eigenvalue weighted by atomic mass is 16.2. The lowest BCUT2D eigenvalue weighted by molar-refractivity contribution is -0.157. The smallest absolute Gasteiger partial charge is 0.238 e. The third-order valence-corrected chi connectivity index (χ3v) is 1.49. The molecule has 2 aliphatic heterocycles. The lowest BCUT2D eigenvalue weighted by atomic mass is 9.88. The Morgan fingerprint density at radius 3 is 1.75 bits per heavy atom. The van der Waals surface area contributed by atoms with Crippen LogP contribution in [0.15, 0.2) is 0 Å². The van der Waals surface area contributed by atoms with Crippen molar-refractivity contribution < 1.29 is 9.59 Å². The van der Waals surface area contributed by atoms with E-state index in [2.05, 4.69) is 10.6 Å². The van der Waals surface area contributed by atoms with Gasteiger partial charge in [-0.05, 0) is 0 Å². The quantitative estimate of drug-likeness (QED) is 0.286. The van der Waals surface area contributed by atoms with E-state index in [0.29, 0.717) is 0 Å². The molecule has 0 radical (unpaired) electrons. The van der Waals surface area contributed by atoms with Crippen molar-refractivity contribution in [2.24, 2.45) is 5.92 Å². The number of nitrogens with one attached hydrogen (secondary N) is 2. The molecule has 4 nitrogen and oxygen atoms in total. The maximum atomic E-state index is 10.3. The van der Waals surface area contributed by atoms with Gasteiger partial charge in [-0.15, -0.1) is 0 Å². The van der Waals surface area contributed by atoms with Crippen molar-refractivity contribution in [3.63, 3.8) is 0 Å². The Morgan fingerprint density at radius 2 is 1.62 bits per heavy atom. The summed E-state index contributed by atoms with van der Waals surface area (Å²) in [6.45, 7) is 0. The van der Waals surface area contributed by atoms with Crippen LogP contribution < -0.4 is 10.6 Å². The Labute approximate surface area is 45.2 Å². The van der Waals surface area contributed by atoms with Crippen LogP contribution in [-0.2, 0) is 9.59 Å². The van der Waals surface area contributed by atoms with Crippen LogP contribution in [0.4, 0.5) is 0 Å². The molecule has 8 heavy (non-hydrogen) atoms. The normalized spacial score (nSPS) is 40.5. The van der Waals surface area contributed by atoms with Gasteiger partial charge in [0.25, 0.3) is 0 Å². The molecule has 2 rings (SSSR count). The van der Waals surface area contributed by atoms with E-state index in [9.17, 15) is 9.59 Å². The third-order valence-electron chi connectivity index (χ3n) is 1.49. The summed E-state index contributed by atoms with van der Waals surface area (Å²) in [6, 6.07) is 0. The minimum absolute atomic E-state index is 0.0324. The molecule has 2 fully saturated rings. The Morgan fingerprint density at radius 1 is 1.12 bits per heavy atom. The predicted molar refractivity (Wildman–Crippen MR) is 23.6 cm³/mol. The lowest BCUT2D eigenvalue weighted by Crippen LogP contribution is -2.79. The first-order chi connectivity index (χ1) is 3.79. The molecule has 0 bridgehead atoms. The molecule has 2 aliphatic rings. The van der Waals surface area contributed by atoms with Crippen LogP contribution in [0.5, 0.6) is 0 Å². The zero-order valence-electron chi connectivity index (χ0n) is 3.97. The monoisotopic (exact) mass is 112 g/mol. The van der Waals surface area contributed by atoms with Crippen LogP contribution in [0.3, 0.4) is 0 Å². The molecular formula is C4H4N2O2. The largest absolute Gasteiger partial charge is 0.334 e. The standard InChI is InChI=1S/C4H4N2O2/c7-3-1-2(5-3)6-4(1)8/h1-2H,(H,5,7)(H,6,8). The maximum absolute atomic E-state index is 10.3. The van der Waals surface area contributed by atoms with Crippen LogP contribution in [0.25, 0.3) is 0 Å².